The molecule has 1 aromatic heterocycles. The summed E-state index contributed by atoms with van der Waals surface area (Å²) in [5, 5.41) is 8.26. The molecule has 25 heavy (non-hydrogen) atoms. The van der Waals surface area contributed by atoms with Crippen LogP contribution in [-0.4, -0.2) is 41.9 Å². The van der Waals surface area contributed by atoms with Gasteiger partial charge in [0.2, 0.25) is 0 Å². The molecule has 134 valence electrons. The largest absolute Gasteiger partial charge is 0.350 e. The van der Waals surface area contributed by atoms with E-state index >= 15 is 0 Å². The number of carbonyl (C=O) groups excluding carboxylic acids is 1. The first-order valence-corrected chi connectivity index (χ1v) is 9.14. The molecule has 0 atom stereocenters. The number of fused-ring (bicyclic) bond motifs is 1. The summed E-state index contributed by atoms with van der Waals surface area (Å²) in [6.07, 6.45) is 3.56. The Bertz CT molecular complexity index is 807. The highest BCUT2D eigenvalue weighted by Crippen LogP contribution is 2.12. The van der Waals surface area contributed by atoms with Crippen LogP contribution in [0.1, 0.15) is 36.7 Å². The normalized spacial score (nSPS) is 20.6. The zero-order valence-electron chi connectivity index (χ0n) is 15.0. The number of hydrogen-bond acceptors (Lipinski definition) is 3. The molecule has 0 radical (unpaired) electrons. The second kappa shape index (κ2) is 7.78. The summed E-state index contributed by atoms with van der Waals surface area (Å²) < 4.78 is 1.23. The molecule has 2 heterocycles. The highest BCUT2D eigenvalue weighted by atomic mass is 16.2. The Kier molecular flexibility index (Phi) is 5.48. The van der Waals surface area contributed by atoms with Crippen molar-refractivity contribution in [2.45, 2.75) is 26.2 Å². The van der Waals surface area contributed by atoms with Crippen LogP contribution in [0.4, 0.5) is 0 Å². The van der Waals surface area contributed by atoms with Gasteiger partial charge < -0.3 is 10.2 Å². The minimum atomic E-state index is -0.214. The fourth-order valence-electron chi connectivity index (χ4n) is 3.51. The molecule has 6 nitrogen and oxygen atoms in total. The zero-order chi connectivity index (χ0) is 17.8. The van der Waals surface area contributed by atoms with Crippen molar-refractivity contribution in [3.63, 3.8) is 0 Å². The molecule has 0 bridgehead atoms. The van der Waals surface area contributed by atoms with Gasteiger partial charge in [-0.05, 0) is 24.8 Å². The van der Waals surface area contributed by atoms with Crippen molar-refractivity contribution in [3.05, 3.63) is 40.3 Å². The van der Waals surface area contributed by atoms with Gasteiger partial charge in [-0.2, -0.15) is 5.10 Å². The minimum Gasteiger partial charge on any atom is -0.350 e. The van der Waals surface area contributed by atoms with Gasteiger partial charge in [0.15, 0.2) is 5.69 Å². The molecule has 1 saturated heterocycles. The van der Waals surface area contributed by atoms with Gasteiger partial charge in [-0.1, -0.05) is 25.1 Å². The van der Waals surface area contributed by atoms with Crippen molar-refractivity contribution in [1.82, 2.24) is 15.1 Å². The standard InChI is InChI=1S/C19H26N4O2/c1-14-8-12-23(13-9-14)11-5-10-20-18(24)17-15-6-3-4-7-16(15)19(25)22(2)21-17/h3-4,6-7,14H,5,8-13H2,1-2H3,(H,20,24)/p+1. The molecule has 0 saturated carbocycles. The first-order valence-electron chi connectivity index (χ1n) is 9.14. The van der Waals surface area contributed by atoms with Gasteiger partial charge in [-0.3, -0.25) is 9.59 Å². The van der Waals surface area contributed by atoms with Gasteiger partial charge in [0.05, 0.1) is 25.0 Å². The van der Waals surface area contributed by atoms with Gasteiger partial charge in [0.25, 0.3) is 11.5 Å². The Labute approximate surface area is 147 Å². The van der Waals surface area contributed by atoms with E-state index in [1.54, 1.807) is 30.1 Å². The lowest BCUT2D eigenvalue weighted by Crippen LogP contribution is -3.13. The first kappa shape index (κ1) is 17.6. The number of piperidine rings is 1. The molecule has 2 aromatic rings. The van der Waals surface area contributed by atoms with Gasteiger partial charge in [-0.25, -0.2) is 4.68 Å². The molecule has 2 N–H and O–H groups in total. The van der Waals surface area contributed by atoms with Crippen molar-refractivity contribution >= 4 is 16.7 Å². The minimum absolute atomic E-state index is 0.185. The third-order valence-corrected chi connectivity index (χ3v) is 5.15. The second-order valence-electron chi connectivity index (χ2n) is 7.11. The molecular formula is C19H27N4O2+. The van der Waals surface area contributed by atoms with Crippen LogP contribution >= 0.6 is 0 Å². The average Bonchev–Trinajstić information content (AvgIpc) is 2.63. The van der Waals surface area contributed by atoms with E-state index in [1.807, 2.05) is 6.07 Å². The molecule has 3 rings (SSSR count). The van der Waals surface area contributed by atoms with Crippen molar-refractivity contribution in [2.75, 3.05) is 26.2 Å². The van der Waals surface area contributed by atoms with Crippen molar-refractivity contribution < 1.29 is 9.69 Å². The van der Waals surface area contributed by atoms with Crippen LogP contribution in [0.15, 0.2) is 29.1 Å². The maximum atomic E-state index is 12.5. The number of rotatable bonds is 5. The van der Waals surface area contributed by atoms with Crippen LogP contribution < -0.4 is 15.8 Å². The Balaban J connectivity index is 1.59. The molecule has 1 fully saturated rings. The lowest BCUT2D eigenvalue weighted by Gasteiger charge is -2.27. The van der Waals surface area contributed by atoms with Crippen molar-refractivity contribution in [2.24, 2.45) is 13.0 Å². The van der Waals surface area contributed by atoms with Crippen LogP contribution in [0.3, 0.4) is 0 Å². The van der Waals surface area contributed by atoms with Crippen LogP contribution in [0.25, 0.3) is 10.8 Å². The molecule has 0 aliphatic carbocycles. The number of nitrogens with one attached hydrogen (secondary N) is 2. The van der Waals surface area contributed by atoms with Crippen molar-refractivity contribution in [3.8, 4) is 0 Å². The monoisotopic (exact) mass is 343 g/mol. The highest BCUT2D eigenvalue weighted by molar-refractivity contribution is 6.04. The summed E-state index contributed by atoms with van der Waals surface area (Å²) in [6.45, 7) is 6.52. The van der Waals surface area contributed by atoms with E-state index < -0.39 is 0 Å². The molecular weight excluding hydrogens is 316 g/mol. The summed E-state index contributed by atoms with van der Waals surface area (Å²) >= 11 is 0. The molecule has 1 amide bonds. The molecule has 0 unspecified atom stereocenters. The number of likely N-dealkylation sites (tertiary alicyclic amines) is 1. The summed E-state index contributed by atoms with van der Waals surface area (Å²) in [7, 11) is 1.58. The fourth-order valence-corrected chi connectivity index (χ4v) is 3.51. The Morgan fingerprint density at radius 1 is 1.28 bits per heavy atom. The number of benzene rings is 1. The topological polar surface area (TPSA) is 68.4 Å². The van der Waals surface area contributed by atoms with Gasteiger partial charge >= 0.3 is 0 Å². The smallest absolute Gasteiger partial charge is 0.274 e. The zero-order valence-corrected chi connectivity index (χ0v) is 15.0. The van der Waals surface area contributed by atoms with Crippen LogP contribution in [0.5, 0.6) is 0 Å². The maximum absolute atomic E-state index is 12.5. The van der Waals surface area contributed by atoms with Crippen molar-refractivity contribution in [1.29, 1.82) is 0 Å². The number of quaternary nitrogens is 1. The molecule has 1 aliphatic heterocycles. The Hall–Kier alpha value is -2.21. The van der Waals surface area contributed by atoms with E-state index in [0.717, 1.165) is 18.9 Å². The summed E-state index contributed by atoms with van der Waals surface area (Å²) in [5.41, 5.74) is 0.131. The molecule has 0 spiro atoms. The summed E-state index contributed by atoms with van der Waals surface area (Å²) in [6, 6.07) is 7.13. The van der Waals surface area contributed by atoms with Crippen LogP contribution in [-0.2, 0) is 7.05 Å². The summed E-state index contributed by atoms with van der Waals surface area (Å²) in [4.78, 5) is 26.3. The SMILES string of the molecule is CC1CC[NH+](CCCNC(=O)c2nn(C)c(=O)c3ccccc23)CC1. The van der Waals surface area contributed by atoms with Gasteiger partial charge in [-0.15, -0.1) is 0 Å². The van der Waals surface area contributed by atoms with Gasteiger partial charge in [0.1, 0.15) is 0 Å². The first-order chi connectivity index (χ1) is 12.1. The third kappa shape index (κ3) is 4.07. The van der Waals surface area contributed by atoms with Gasteiger partial charge in [0, 0.05) is 25.4 Å². The number of hydrogen-bond donors (Lipinski definition) is 2. The lowest BCUT2D eigenvalue weighted by atomic mass is 9.99. The van der Waals surface area contributed by atoms with E-state index in [-0.39, 0.29) is 11.5 Å². The maximum Gasteiger partial charge on any atom is 0.274 e. The number of aromatic nitrogens is 2. The number of aryl methyl sites for hydroxylation is 1. The van der Waals surface area contributed by atoms with Crippen LogP contribution in [0.2, 0.25) is 0 Å². The van der Waals surface area contributed by atoms with E-state index in [4.69, 9.17) is 0 Å². The van der Waals surface area contributed by atoms with E-state index in [2.05, 4.69) is 17.3 Å². The predicted octanol–water partition coefficient (Wildman–Crippen LogP) is 0.368. The third-order valence-electron chi connectivity index (χ3n) is 5.15. The molecule has 1 aromatic carbocycles. The average molecular weight is 343 g/mol. The molecule has 6 heteroatoms. The lowest BCUT2D eigenvalue weighted by molar-refractivity contribution is -0.906. The number of nitrogens with zero attached hydrogens (tertiary/aromatic N) is 2. The highest BCUT2D eigenvalue weighted by Gasteiger charge is 2.19. The summed E-state index contributed by atoms with van der Waals surface area (Å²) in [5.74, 6) is 0.640. The fraction of sp³-hybridized carbons (Fsp3) is 0.526. The van der Waals surface area contributed by atoms with E-state index in [0.29, 0.717) is 23.0 Å². The molecule has 1 aliphatic rings. The Morgan fingerprint density at radius 2 is 1.96 bits per heavy atom. The van der Waals surface area contributed by atoms with E-state index in [9.17, 15) is 9.59 Å². The van der Waals surface area contributed by atoms with Crippen LogP contribution in [0, 0.1) is 5.92 Å². The second-order valence-corrected chi connectivity index (χ2v) is 7.11. The van der Waals surface area contributed by atoms with E-state index in [1.165, 1.54) is 30.6 Å². The Morgan fingerprint density at radius 3 is 2.68 bits per heavy atom. The predicted molar refractivity (Wildman–Crippen MR) is 97.9 cm³/mol. The quantitative estimate of drug-likeness (QED) is 0.771. The number of amides is 1. The number of carbonyl (C=O) groups is 1.